The van der Waals surface area contributed by atoms with E-state index in [4.69, 9.17) is 17.0 Å². The normalized spacial score (nSPS) is 19.5. The molecule has 26 heavy (non-hydrogen) atoms. The first-order valence-electron chi connectivity index (χ1n) is 8.37. The van der Waals surface area contributed by atoms with E-state index in [2.05, 4.69) is 39.6 Å². The summed E-state index contributed by atoms with van der Waals surface area (Å²) in [7, 11) is 1.68. The fourth-order valence-electron chi connectivity index (χ4n) is 3.35. The van der Waals surface area contributed by atoms with Gasteiger partial charge in [-0.05, 0) is 60.4 Å². The van der Waals surface area contributed by atoms with Crippen LogP contribution in [0.15, 0.2) is 60.1 Å². The molecule has 1 aliphatic heterocycles. The van der Waals surface area contributed by atoms with Gasteiger partial charge in [0, 0.05) is 22.8 Å². The fourth-order valence-corrected chi connectivity index (χ4v) is 4.75. The molecule has 3 heterocycles. The monoisotopic (exact) mass is 381 g/mol. The van der Waals surface area contributed by atoms with Crippen LogP contribution in [0.4, 0.5) is 5.69 Å². The largest absolute Gasteiger partial charge is 0.497 e. The van der Waals surface area contributed by atoms with Gasteiger partial charge in [0.15, 0.2) is 5.11 Å². The predicted molar refractivity (Wildman–Crippen MR) is 110 cm³/mol. The number of methoxy groups -OCH3 is 1. The minimum absolute atomic E-state index is 0.00717. The zero-order chi connectivity index (χ0) is 18.1. The maximum absolute atomic E-state index is 5.72. The molecule has 1 saturated heterocycles. The summed E-state index contributed by atoms with van der Waals surface area (Å²) in [6.07, 6.45) is 1.83. The van der Waals surface area contributed by atoms with Crippen molar-refractivity contribution in [3.05, 3.63) is 76.2 Å². The second kappa shape index (κ2) is 7.05. The molecule has 4 rings (SSSR count). The van der Waals surface area contributed by atoms with Crippen LogP contribution < -0.4 is 15.0 Å². The van der Waals surface area contributed by atoms with Crippen LogP contribution in [0.25, 0.3) is 0 Å². The Bertz CT molecular complexity index is 926. The predicted octanol–water partition coefficient (Wildman–Crippen LogP) is 4.64. The zero-order valence-electron chi connectivity index (χ0n) is 14.5. The lowest BCUT2D eigenvalue weighted by Crippen LogP contribution is -2.29. The van der Waals surface area contributed by atoms with Crippen molar-refractivity contribution in [2.24, 2.45) is 0 Å². The molecular formula is C20H19N3OS2. The average Bonchev–Trinajstić information content (AvgIpc) is 3.25. The SMILES string of the molecule is COc1cccc(N2C(=S)N[C@@H](c3ccccn3)[C@@H]2c2sccc2C)c1. The third-order valence-corrected chi connectivity index (χ3v) is 6.00. The summed E-state index contributed by atoms with van der Waals surface area (Å²) in [5, 5.41) is 6.31. The highest BCUT2D eigenvalue weighted by molar-refractivity contribution is 7.80. The van der Waals surface area contributed by atoms with E-state index in [1.54, 1.807) is 18.4 Å². The van der Waals surface area contributed by atoms with Gasteiger partial charge in [0.05, 0.1) is 24.9 Å². The van der Waals surface area contributed by atoms with E-state index in [9.17, 15) is 0 Å². The number of anilines is 1. The van der Waals surface area contributed by atoms with Gasteiger partial charge in [-0.15, -0.1) is 11.3 Å². The van der Waals surface area contributed by atoms with Crippen molar-refractivity contribution in [2.45, 2.75) is 19.0 Å². The second-order valence-corrected chi connectivity index (χ2v) is 7.50. The van der Waals surface area contributed by atoms with Gasteiger partial charge in [-0.2, -0.15) is 0 Å². The smallest absolute Gasteiger partial charge is 0.174 e. The highest BCUT2D eigenvalue weighted by Gasteiger charge is 2.41. The minimum Gasteiger partial charge on any atom is -0.497 e. The van der Waals surface area contributed by atoms with Crippen LogP contribution in [-0.2, 0) is 0 Å². The lowest BCUT2D eigenvalue weighted by atomic mass is 10.0. The maximum atomic E-state index is 5.72. The van der Waals surface area contributed by atoms with Crippen LogP contribution in [0.1, 0.15) is 28.2 Å². The Morgan fingerprint density at radius 1 is 1.19 bits per heavy atom. The summed E-state index contributed by atoms with van der Waals surface area (Å²) in [5.74, 6) is 0.813. The molecule has 6 heteroatoms. The molecule has 1 aromatic carbocycles. The summed E-state index contributed by atoms with van der Waals surface area (Å²) >= 11 is 7.48. The van der Waals surface area contributed by atoms with Crippen molar-refractivity contribution in [1.82, 2.24) is 10.3 Å². The van der Waals surface area contributed by atoms with Crippen LogP contribution in [0.5, 0.6) is 5.75 Å². The van der Waals surface area contributed by atoms with Crippen molar-refractivity contribution in [1.29, 1.82) is 0 Å². The molecule has 0 radical (unpaired) electrons. The molecule has 3 aromatic rings. The fraction of sp³-hybridized carbons (Fsp3) is 0.200. The molecule has 1 aliphatic rings. The highest BCUT2D eigenvalue weighted by Crippen LogP contribution is 2.44. The van der Waals surface area contributed by atoms with Gasteiger partial charge >= 0.3 is 0 Å². The molecular weight excluding hydrogens is 362 g/mol. The molecule has 132 valence electrons. The number of hydrogen-bond donors (Lipinski definition) is 1. The third kappa shape index (κ3) is 2.95. The number of benzene rings is 1. The quantitative estimate of drug-likeness (QED) is 0.667. The van der Waals surface area contributed by atoms with E-state index < -0.39 is 0 Å². The number of aryl methyl sites for hydroxylation is 1. The standard InChI is InChI=1S/C20H19N3OS2/c1-13-9-11-26-19(13)18-17(16-8-3-4-10-21-16)22-20(25)23(18)14-6-5-7-15(12-14)24-2/h3-12,17-18H,1-2H3,(H,22,25)/t17-,18+/m0/s1. The Balaban J connectivity index is 1.84. The zero-order valence-corrected chi connectivity index (χ0v) is 16.2. The maximum Gasteiger partial charge on any atom is 0.174 e. The van der Waals surface area contributed by atoms with Crippen LogP contribution >= 0.6 is 23.6 Å². The number of nitrogens with zero attached hydrogens (tertiary/aromatic N) is 2. The summed E-state index contributed by atoms with van der Waals surface area (Å²) in [6, 6.07) is 16.2. The van der Waals surface area contributed by atoms with Gasteiger partial charge in [0.25, 0.3) is 0 Å². The Morgan fingerprint density at radius 2 is 2.08 bits per heavy atom. The van der Waals surface area contributed by atoms with Gasteiger partial charge in [0.1, 0.15) is 5.75 Å². The number of nitrogens with one attached hydrogen (secondary N) is 1. The molecule has 0 amide bonds. The first kappa shape index (κ1) is 17.0. The van der Waals surface area contributed by atoms with E-state index in [-0.39, 0.29) is 12.1 Å². The number of rotatable bonds is 4. The van der Waals surface area contributed by atoms with E-state index in [1.165, 1.54) is 10.4 Å². The Morgan fingerprint density at radius 3 is 2.77 bits per heavy atom. The van der Waals surface area contributed by atoms with Crippen molar-refractivity contribution in [3.63, 3.8) is 0 Å². The molecule has 1 N–H and O–H groups in total. The Labute approximate surface area is 162 Å². The van der Waals surface area contributed by atoms with E-state index in [0.717, 1.165) is 17.1 Å². The van der Waals surface area contributed by atoms with Crippen molar-refractivity contribution >= 4 is 34.4 Å². The second-order valence-electron chi connectivity index (χ2n) is 6.17. The minimum atomic E-state index is -0.00717. The molecule has 0 unspecified atom stereocenters. The van der Waals surface area contributed by atoms with Crippen LogP contribution in [0.2, 0.25) is 0 Å². The lowest BCUT2D eigenvalue weighted by molar-refractivity contribution is 0.415. The van der Waals surface area contributed by atoms with Crippen LogP contribution in [-0.4, -0.2) is 17.2 Å². The Hall–Kier alpha value is -2.44. The molecule has 0 saturated carbocycles. The number of aromatic nitrogens is 1. The number of hydrogen-bond acceptors (Lipinski definition) is 4. The van der Waals surface area contributed by atoms with Gasteiger partial charge in [-0.25, -0.2) is 0 Å². The third-order valence-electron chi connectivity index (χ3n) is 4.60. The summed E-state index contributed by atoms with van der Waals surface area (Å²) < 4.78 is 5.41. The molecule has 0 bridgehead atoms. The van der Waals surface area contributed by atoms with Gasteiger partial charge in [0.2, 0.25) is 0 Å². The average molecular weight is 382 g/mol. The van der Waals surface area contributed by atoms with E-state index in [1.807, 2.05) is 42.6 Å². The molecule has 2 atom stereocenters. The number of thiophene rings is 1. The molecule has 0 aliphatic carbocycles. The van der Waals surface area contributed by atoms with Crippen LogP contribution in [0.3, 0.4) is 0 Å². The van der Waals surface area contributed by atoms with E-state index >= 15 is 0 Å². The Kier molecular flexibility index (Phi) is 4.61. The van der Waals surface area contributed by atoms with Gasteiger partial charge in [-0.3, -0.25) is 4.98 Å². The van der Waals surface area contributed by atoms with Crippen molar-refractivity contribution in [2.75, 3.05) is 12.0 Å². The lowest BCUT2D eigenvalue weighted by Gasteiger charge is -2.27. The molecule has 4 nitrogen and oxygen atoms in total. The van der Waals surface area contributed by atoms with Crippen LogP contribution in [0, 0.1) is 6.92 Å². The summed E-state index contributed by atoms with van der Waals surface area (Å²) in [4.78, 5) is 8.04. The number of pyridine rings is 1. The molecule has 0 spiro atoms. The molecule has 1 fully saturated rings. The first-order chi connectivity index (χ1) is 12.7. The van der Waals surface area contributed by atoms with E-state index in [0.29, 0.717) is 5.11 Å². The van der Waals surface area contributed by atoms with Crippen molar-refractivity contribution < 1.29 is 4.74 Å². The van der Waals surface area contributed by atoms with Gasteiger partial charge in [-0.1, -0.05) is 12.1 Å². The molecule has 2 aromatic heterocycles. The number of thiocarbonyl (C=S) groups is 1. The number of ether oxygens (including phenoxy) is 1. The topological polar surface area (TPSA) is 37.4 Å². The van der Waals surface area contributed by atoms with Crippen molar-refractivity contribution in [3.8, 4) is 5.75 Å². The van der Waals surface area contributed by atoms with Gasteiger partial charge < -0.3 is 15.0 Å². The summed E-state index contributed by atoms with van der Waals surface area (Å²) in [5.41, 5.74) is 3.26. The highest BCUT2D eigenvalue weighted by atomic mass is 32.1. The first-order valence-corrected chi connectivity index (χ1v) is 9.66. The summed E-state index contributed by atoms with van der Waals surface area (Å²) in [6.45, 7) is 2.15.